The molecule has 1 N–H and O–H groups in total. The number of halogens is 4. The van der Waals surface area contributed by atoms with Gasteiger partial charge in [0.2, 0.25) is 0 Å². The van der Waals surface area contributed by atoms with Crippen LogP contribution in [0, 0.1) is 18.6 Å². The van der Waals surface area contributed by atoms with Crippen molar-refractivity contribution in [1.29, 1.82) is 0 Å². The van der Waals surface area contributed by atoms with Gasteiger partial charge in [-0.3, -0.25) is 4.79 Å². The number of anilines is 1. The lowest BCUT2D eigenvalue weighted by molar-refractivity contribution is -0.119. The smallest absolute Gasteiger partial charge is 0.340 e. The van der Waals surface area contributed by atoms with Gasteiger partial charge in [0.05, 0.1) is 10.6 Å². The summed E-state index contributed by atoms with van der Waals surface area (Å²) in [5, 5.41) is 2.68. The SMILES string of the molecule is Cc1c(Cl)cccc1NC(=O)COC(=O)c1cc(F)c(F)cc1Cl. The zero-order chi connectivity index (χ0) is 17.9. The Kier molecular flexibility index (Phi) is 5.75. The lowest BCUT2D eigenvalue weighted by atomic mass is 10.2. The monoisotopic (exact) mass is 373 g/mol. The highest BCUT2D eigenvalue weighted by Gasteiger charge is 2.17. The summed E-state index contributed by atoms with van der Waals surface area (Å²) in [5.41, 5.74) is 0.749. The second kappa shape index (κ2) is 7.59. The maximum Gasteiger partial charge on any atom is 0.340 e. The van der Waals surface area contributed by atoms with E-state index in [-0.39, 0.29) is 10.6 Å². The van der Waals surface area contributed by atoms with Crippen molar-refractivity contribution < 1.29 is 23.1 Å². The minimum atomic E-state index is -1.25. The molecule has 0 aliphatic rings. The first-order valence-electron chi connectivity index (χ1n) is 6.66. The maximum absolute atomic E-state index is 13.2. The van der Waals surface area contributed by atoms with E-state index < -0.39 is 30.1 Å². The molecule has 0 atom stereocenters. The topological polar surface area (TPSA) is 55.4 Å². The molecule has 4 nitrogen and oxygen atoms in total. The summed E-state index contributed by atoms with van der Waals surface area (Å²) in [7, 11) is 0. The average molecular weight is 374 g/mol. The molecule has 1 amide bonds. The molecule has 0 fully saturated rings. The molecule has 8 heteroatoms. The van der Waals surface area contributed by atoms with Crippen LogP contribution in [-0.2, 0) is 9.53 Å². The van der Waals surface area contributed by atoms with E-state index in [0.29, 0.717) is 28.4 Å². The number of hydrogen-bond acceptors (Lipinski definition) is 3. The molecule has 2 aromatic carbocycles. The molecular weight excluding hydrogens is 363 g/mol. The number of hydrogen-bond donors (Lipinski definition) is 1. The van der Waals surface area contributed by atoms with Crippen molar-refractivity contribution in [2.24, 2.45) is 0 Å². The van der Waals surface area contributed by atoms with Crippen LogP contribution in [0.4, 0.5) is 14.5 Å². The number of ether oxygens (including phenoxy) is 1. The van der Waals surface area contributed by atoms with Crippen molar-refractivity contribution in [3.05, 3.63) is 63.1 Å². The fourth-order valence-corrected chi connectivity index (χ4v) is 2.22. The molecule has 24 heavy (non-hydrogen) atoms. The Morgan fingerprint density at radius 1 is 1.12 bits per heavy atom. The Labute approximate surface area is 146 Å². The van der Waals surface area contributed by atoms with Crippen LogP contribution < -0.4 is 5.32 Å². The summed E-state index contributed by atoms with van der Waals surface area (Å²) in [6, 6.07) is 6.21. The molecule has 0 aliphatic heterocycles. The second-order valence-electron chi connectivity index (χ2n) is 4.78. The van der Waals surface area contributed by atoms with Gasteiger partial charge in [0, 0.05) is 10.7 Å². The first-order chi connectivity index (χ1) is 11.3. The van der Waals surface area contributed by atoms with Crippen LogP contribution in [0.5, 0.6) is 0 Å². The molecular formula is C16H11Cl2F2NO3. The standard InChI is InChI=1S/C16H11Cl2F2NO3/c1-8-10(17)3-2-4-14(8)21-15(22)7-24-16(23)9-5-12(19)13(20)6-11(9)18/h2-6H,7H2,1H3,(H,21,22). The molecule has 0 spiro atoms. The number of carbonyl (C=O) groups excluding carboxylic acids is 2. The predicted molar refractivity (Wildman–Crippen MR) is 86.5 cm³/mol. The van der Waals surface area contributed by atoms with Crippen LogP contribution in [0.2, 0.25) is 10.0 Å². The van der Waals surface area contributed by atoms with Gasteiger partial charge < -0.3 is 10.1 Å². The second-order valence-corrected chi connectivity index (χ2v) is 5.60. The zero-order valence-electron chi connectivity index (χ0n) is 12.3. The Bertz CT molecular complexity index is 812. The minimum absolute atomic E-state index is 0.315. The van der Waals surface area contributed by atoms with Crippen LogP contribution in [-0.4, -0.2) is 18.5 Å². The van der Waals surface area contributed by atoms with Crippen molar-refractivity contribution in [3.63, 3.8) is 0 Å². The zero-order valence-corrected chi connectivity index (χ0v) is 13.8. The third-order valence-corrected chi connectivity index (χ3v) is 3.83. The first-order valence-corrected chi connectivity index (χ1v) is 7.42. The number of carbonyl (C=O) groups is 2. The summed E-state index contributed by atoms with van der Waals surface area (Å²) in [5.74, 6) is -4.10. The van der Waals surface area contributed by atoms with Gasteiger partial charge in [-0.1, -0.05) is 29.3 Å². The summed E-state index contributed by atoms with van der Waals surface area (Å²) in [6.07, 6.45) is 0. The van der Waals surface area contributed by atoms with Gasteiger partial charge >= 0.3 is 5.97 Å². The van der Waals surface area contributed by atoms with E-state index in [2.05, 4.69) is 5.32 Å². The van der Waals surface area contributed by atoms with Crippen LogP contribution in [0.25, 0.3) is 0 Å². The molecule has 0 unspecified atom stereocenters. The van der Waals surface area contributed by atoms with Crippen molar-refractivity contribution >= 4 is 40.8 Å². The largest absolute Gasteiger partial charge is 0.452 e. The van der Waals surface area contributed by atoms with Crippen molar-refractivity contribution in [2.75, 3.05) is 11.9 Å². The van der Waals surface area contributed by atoms with Gasteiger partial charge in [0.15, 0.2) is 18.2 Å². The number of esters is 1. The first kappa shape index (κ1) is 18.2. The highest BCUT2D eigenvalue weighted by atomic mass is 35.5. The number of amides is 1. The van der Waals surface area contributed by atoms with Crippen LogP contribution in [0.1, 0.15) is 15.9 Å². The van der Waals surface area contributed by atoms with Crippen molar-refractivity contribution in [2.45, 2.75) is 6.92 Å². The quantitative estimate of drug-likeness (QED) is 0.639. The molecule has 0 heterocycles. The fourth-order valence-electron chi connectivity index (χ4n) is 1.82. The van der Waals surface area contributed by atoms with Gasteiger partial charge in [-0.15, -0.1) is 0 Å². The molecule has 2 rings (SSSR count). The van der Waals surface area contributed by atoms with Crippen LogP contribution in [0.15, 0.2) is 30.3 Å². The maximum atomic E-state index is 13.2. The molecule has 126 valence electrons. The van der Waals surface area contributed by atoms with Gasteiger partial charge in [0.1, 0.15) is 0 Å². The van der Waals surface area contributed by atoms with Crippen molar-refractivity contribution in [1.82, 2.24) is 0 Å². The van der Waals surface area contributed by atoms with E-state index in [0.717, 1.165) is 0 Å². The van der Waals surface area contributed by atoms with E-state index in [1.807, 2.05) is 0 Å². The number of nitrogens with one attached hydrogen (secondary N) is 1. The third-order valence-electron chi connectivity index (χ3n) is 3.11. The van der Waals surface area contributed by atoms with Gasteiger partial charge in [-0.2, -0.15) is 0 Å². The van der Waals surface area contributed by atoms with E-state index >= 15 is 0 Å². The highest BCUT2D eigenvalue weighted by Crippen LogP contribution is 2.23. The van der Waals surface area contributed by atoms with E-state index in [1.165, 1.54) is 0 Å². The summed E-state index contributed by atoms with van der Waals surface area (Å²) in [6.45, 7) is 1.09. The normalized spacial score (nSPS) is 10.4. The van der Waals surface area contributed by atoms with Crippen LogP contribution in [0.3, 0.4) is 0 Å². The predicted octanol–water partition coefficient (Wildman–Crippen LogP) is 4.38. The summed E-state index contributed by atoms with van der Waals surface area (Å²) < 4.78 is 30.9. The molecule has 0 saturated heterocycles. The minimum Gasteiger partial charge on any atom is -0.452 e. The lowest BCUT2D eigenvalue weighted by Crippen LogP contribution is -2.21. The Balaban J connectivity index is 2.00. The van der Waals surface area contributed by atoms with E-state index in [1.54, 1.807) is 25.1 Å². The van der Waals surface area contributed by atoms with Gasteiger partial charge in [0.25, 0.3) is 5.91 Å². The van der Waals surface area contributed by atoms with Gasteiger partial charge in [-0.25, -0.2) is 13.6 Å². The Hall–Kier alpha value is -2.18. The highest BCUT2D eigenvalue weighted by molar-refractivity contribution is 6.33. The molecule has 0 aliphatic carbocycles. The van der Waals surface area contributed by atoms with E-state index in [4.69, 9.17) is 27.9 Å². The molecule has 0 radical (unpaired) electrons. The summed E-state index contributed by atoms with van der Waals surface area (Å²) in [4.78, 5) is 23.6. The Morgan fingerprint density at radius 3 is 2.50 bits per heavy atom. The Morgan fingerprint density at radius 2 is 1.79 bits per heavy atom. The van der Waals surface area contributed by atoms with Gasteiger partial charge in [-0.05, 0) is 36.8 Å². The number of rotatable bonds is 4. The lowest BCUT2D eigenvalue weighted by Gasteiger charge is -2.10. The number of benzene rings is 2. The fraction of sp³-hybridized carbons (Fsp3) is 0.125. The third kappa shape index (κ3) is 4.21. The van der Waals surface area contributed by atoms with E-state index in [9.17, 15) is 18.4 Å². The average Bonchev–Trinajstić information content (AvgIpc) is 2.53. The summed E-state index contributed by atoms with van der Waals surface area (Å²) >= 11 is 11.6. The molecule has 0 saturated carbocycles. The van der Waals surface area contributed by atoms with Crippen molar-refractivity contribution in [3.8, 4) is 0 Å². The molecule has 0 aromatic heterocycles. The molecule has 0 bridgehead atoms. The van der Waals surface area contributed by atoms with Crippen LogP contribution >= 0.6 is 23.2 Å². The molecule has 2 aromatic rings.